The Morgan fingerprint density at radius 3 is 2.53 bits per heavy atom. The second-order valence-corrected chi connectivity index (χ2v) is 10.9. The number of rotatable bonds is 10. The van der Waals surface area contributed by atoms with Crippen molar-refractivity contribution >= 4 is 40.3 Å². The van der Waals surface area contributed by atoms with Crippen molar-refractivity contribution in [1.29, 1.82) is 0 Å². The van der Waals surface area contributed by atoms with Gasteiger partial charge >= 0.3 is 0 Å². The number of halogens is 2. The summed E-state index contributed by atoms with van der Waals surface area (Å²) in [7, 11) is 0. The van der Waals surface area contributed by atoms with Gasteiger partial charge in [0, 0.05) is 31.7 Å². The fourth-order valence-corrected chi connectivity index (χ4v) is 5.86. The zero-order valence-corrected chi connectivity index (χ0v) is 22.8. The first-order valence-corrected chi connectivity index (χ1v) is 13.8. The molecule has 3 aromatic rings. The minimum Gasteiger partial charge on any atom is -0.320 e. The molecule has 1 saturated heterocycles. The van der Waals surface area contributed by atoms with Crippen LogP contribution in [0.1, 0.15) is 50.3 Å². The molecular weight excluding hydrogens is 489 g/mol. The van der Waals surface area contributed by atoms with Crippen molar-refractivity contribution in [2.24, 2.45) is 5.73 Å². The third-order valence-corrected chi connectivity index (χ3v) is 8.31. The number of unbranched alkanes of at least 4 members (excludes halogenated alkanes) is 1. The normalized spacial score (nSPS) is 20.9. The maximum absolute atomic E-state index is 12.0. The van der Waals surface area contributed by atoms with Gasteiger partial charge in [0.1, 0.15) is 6.29 Å². The van der Waals surface area contributed by atoms with Gasteiger partial charge in [0.25, 0.3) is 0 Å². The predicted octanol–water partition coefficient (Wildman–Crippen LogP) is 6.52. The number of hydrogen-bond donors (Lipinski definition) is 1. The highest BCUT2D eigenvalue weighted by Gasteiger charge is 2.38. The number of benzene rings is 3. The molecule has 0 spiro atoms. The maximum Gasteiger partial charge on any atom is 0.138 e. The molecule has 0 amide bonds. The van der Waals surface area contributed by atoms with Gasteiger partial charge < -0.3 is 10.5 Å². The van der Waals surface area contributed by atoms with Gasteiger partial charge in [0.2, 0.25) is 0 Å². The first-order chi connectivity index (χ1) is 17.4. The average molecular weight is 527 g/mol. The van der Waals surface area contributed by atoms with E-state index in [1.807, 2.05) is 12.1 Å². The van der Waals surface area contributed by atoms with Gasteiger partial charge in [-0.15, -0.1) is 0 Å². The van der Waals surface area contributed by atoms with Gasteiger partial charge in [-0.25, -0.2) is 0 Å². The third-order valence-electron chi connectivity index (χ3n) is 7.57. The number of nitrogens with two attached hydrogens (primary N) is 1. The van der Waals surface area contributed by atoms with Crippen LogP contribution in [0.5, 0.6) is 0 Å². The van der Waals surface area contributed by atoms with E-state index in [0.717, 1.165) is 57.2 Å². The molecule has 0 radical (unpaired) electrons. The summed E-state index contributed by atoms with van der Waals surface area (Å²) < 4.78 is 0. The van der Waals surface area contributed by atoms with Crippen molar-refractivity contribution in [3.8, 4) is 0 Å². The van der Waals surface area contributed by atoms with Crippen molar-refractivity contribution < 1.29 is 4.79 Å². The van der Waals surface area contributed by atoms with Crippen molar-refractivity contribution in [1.82, 2.24) is 9.80 Å². The van der Waals surface area contributed by atoms with E-state index in [4.69, 9.17) is 28.9 Å². The van der Waals surface area contributed by atoms with Crippen LogP contribution in [-0.4, -0.2) is 53.8 Å². The summed E-state index contributed by atoms with van der Waals surface area (Å²) in [5.74, 6) is 0. The lowest BCUT2D eigenvalue weighted by molar-refractivity contribution is -0.111. The molecule has 2 N–H and O–H groups in total. The monoisotopic (exact) mass is 525 g/mol. The third kappa shape index (κ3) is 6.30. The number of fused-ring (bicyclic) bond motifs is 1. The molecule has 1 aliphatic heterocycles. The largest absolute Gasteiger partial charge is 0.320 e. The van der Waals surface area contributed by atoms with Crippen LogP contribution in [0.15, 0.2) is 60.7 Å². The second kappa shape index (κ2) is 12.5. The number of carbonyl (C=O) groups excluding carboxylic acids is 1. The van der Waals surface area contributed by atoms with Gasteiger partial charge in [-0.3, -0.25) is 9.80 Å². The summed E-state index contributed by atoms with van der Waals surface area (Å²) >= 11 is 12.3. The van der Waals surface area contributed by atoms with E-state index in [-0.39, 0.29) is 6.04 Å². The Bertz CT molecular complexity index is 1170. The first-order valence-electron chi connectivity index (χ1n) is 13.0. The number of nitrogens with zero attached hydrogens (tertiary/aromatic N) is 2. The fourth-order valence-electron chi connectivity index (χ4n) is 5.54. The Hall–Kier alpha value is -1.95. The Morgan fingerprint density at radius 1 is 1.03 bits per heavy atom. The molecule has 0 aliphatic carbocycles. The van der Waals surface area contributed by atoms with Gasteiger partial charge in [-0.05, 0) is 59.9 Å². The molecule has 0 saturated carbocycles. The lowest BCUT2D eigenvalue weighted by atomic mass is 9.91. The number of piperazine rings is 1. The van der Waals surface area contributed by atoms with E-state index >= 15 is 0 Å². The van der Waals surface area contributed by atoms with Gasteiger partial charge in [-0.1, -0.05) is 85.4 Å². The summed E-state index contributed by atoms with van der Waals surface area (Å²) in [4.78, 5) is 17.1. The van der Waals surface area contributed by atoms with E-state index in [1.165, 1.54) is 16.3 Å². The molecule has 0 bridgehead atoms. The summed E-state index contributed by atoms with van der Waals surface area (Å²) in [5, 5.41) is 3.57. The molecule has 4 unspecified atom stereocenters. The van der Waals surface area contributed by atoms with Gasteiger partial charge in [-0.2, -0.15) is 0 Å². The van der Waals surface area contributed by atoms with E-state index in [2.05, 4.69) is 72.2 Å². The average Bonchev–Trinajstić information content (AvgIpc) is 2.89. The lowest BCUT2D eigenvalue weighted by Gasteiger charge is -2.49. The van der Waals surface area contributed by atoms with Crippen LogP contribution in [-0.2, 0) is 11.2 Å². The molecule has 3 aromatic carbocycles. The van der Waals surface area contributed by atoms with Crippen LogP contribution in [0.25, 0.3) is 10.8 Å². The van der Waals surface area contributed by atoms with Crippen molar-refractivity contribution in [2.45, 2.75) is 63.7 Å². The number of carbonyl (C=O) groups is 1. The summed E-state index contributed by atoms with van der Waals surface area (Å²) in [6.45, 7) is 7.29. The maximum atomic E-state index is 12.0. The Balaban J connectivity index is 1.57. The van der Waals surface area contributed by atoms with Gasteiger partial charge in [0.15, 0.2) is 0 Å². The molecule has 1 heterocycles. The Morgan fingerprint density at radius 2 is 1.81 bits per heavy atom. The van der Waals surface area contributed by atoms with Gasteiger partial charge in [0.05, 0.1) is 22.1 Å². The Labute approximate surface area is 225 Å². The molecule has 4 rings (SSSR count). The van der Waals surface area contributed by atoms with Crippen molar-refractivity contribution in [3.63, 3.8) is 0 Å². The molecule has 4 nitrogen and oxygen atoms in total. The Kier molecular flexibility index (Phi) is 9.43. The standard InChI is InChI=1S/C30H37Cl2N3O/c1-3-4-9-26-19-34(15-14-22-10-13-27(31)28(32)16-22)21(2)18-35(26)30(29(33)20-36)25-12-11-23-7-5-6-8-24(23)17-25/h5-8,10-13,16-17,20-21,26,29-30H,3-4,9,14-15,18-19,33H2,1-2H3. The van der Waals surface area contributed by atoms with Crippen LogP contribution in [0.2, 0.25) is 10.0 Å². The molecular formula is C30H37Cl2N3O. The fraction of sp³-hybridized carbons (Fsp3) is 0.433. The zero-order valence-electron chi connectivity index (χ0n) is 21.2. The van der Waals surface area contributed by atoms with Crippen molar-refractivity contribution in [2.75, 3.05) is 19.6 Å². The number of hydrogen-bond acceptors (Lipinski definition) is 4. The lowest BCUT2D eigenvalue weighted by Crippen LogP contribution is -2.60. The minimum absolute atomic E-state index is 0.145. The molecule has 4 atom stereocenters. The van der Waals surface area contributed by atoms with Crippen LogP contribution in [0.3, 0.4) is 0 Å². The molecule has 36 heavy (non-hydrogen) atoms. The predicted molar refractivity (Wildman–Crippen MR) is 152 cm³/mol. The molecule has 6 heteroatoms. The molecule has 192 valence electrons. The summed E-state index contributed by atoms with van der Waals surface area (Å²) in [5.41, 5.74) is 8.82. The van der Waals surface area contributed by atoms with Crippen molar-refractivity contribution in [3.05, 3.63) is 81.8 Å². The molecule has 1 aliphatic rings. The molecule has 1 fully saturated rings. The highest BCUT2D eigenvalue weighted by molar-refractivity contribution is 6.42. The highest BCUT2D eigenvalue weighted by atomic mass is 35.5. The van der Waals surface area contributed by atoms with Crippen LogP contribution < -0.4 is 5.73 Å². The number of aldehydes is 1. The second-order valence-electron chi connectivity index (χ2n) is 10.1. The minimum atomic E-state index is -0.578. The van der Waals surface area contributed by atoms with Crippen LogP contribution >= 0.6 is 23.2 Å². The zero-order chi connectivity index (χ0) is 25.7. The topological polar surface area (TPSA) is 49.6 Å². The van der Waals surface area contributed by atoms with E-state index in [0.29, 0.717) is 22.1 Å². The summed E-state index contributed by atoms with van der Waals surface area (Å²) in [6.07, 6.45) is 5.21. The van der Waals surface area contributed by atoms with E-state index in [1.54, 1.807) is 0 Å². The van der Waals surface area contributed by atoms with E-state index in [9.17, 15) is 4.79 Å². The SMILES string of the molecule is CCCCC1CN(CCc2ccc(Cl)c(Cl)c2)C(C)CN1C(c1ccc2ccccc2c1)C(N)C=O. The highest BCUT2D eigenvalue weighted by Crippen LogP contribution is 2.33. The van der Waals surface area contributed by atoms with E-state index < -0.39 is 6.04 Å². The van der Waals surface area contributed by atoms with Crippen LogP contribution in [0, 0.1) is 0 Å². The first kappa shape index (κ1) is 27.1. The molecule has 0 aromatic heterocycles. The summed E-state index contributed by atoms with van der Waals surface area (Å²) in [6, 6.07) is 20.7. The quantitative estimate of drug-likeness (QED) is 0.306. The van der Waals surface area contributed by atoms with Crippen LogP contribution in [0.4, 0.5) is 0 Å². The smallest absolute Gasteiger partial charge is 0.138 e.